The molecule has 27 heavy (non-hydrogen) atoms. The molecule has 5 nitrogen and oxygen atoms in total. The summed E-state index contributed by atoms with van der Waals surface area (Å²) in [5.74, 6) is 1.05. The first kappa shape index (κ1) is 18.7. The summed E-state index contributed by atoms with van der Waals surface area (Å²) in [5.41, 5.74) is 4.21. The van der Waals surface area contributed by atoms with E-state index in [0.29, 0.717) is 10.8 Å². The molecule has 0 saturated carbocycles. The summed E-state index contributed by atoms with van der Waals surface area (Å²) in [5, 5.41) is 6.63. The van der Waals surface area contributed by atoms with Crippen molar-refractivity contribution in [2.45, 2.75) is 6.92 Å². The Labute approximate surface area is 162 Å². The lowest BCUT2D eigenvalue weighted by molar-refractivity contribution is -0.123. The number of rotatable bonds is 6. The molecule has 0 aliphatic rings. The molecule has 0 spiro atoms. The summed E-state index contributed by atoms with van der Waals surface area (Å²) in [6.45, 7) is 1.73. The summed E-state index contributed by atoms with van der Waals surface area (Å²) >= 11 is 5.91. The van der Waals surface area contributed by atoms with E-state index in [1.165, 1.54) is 0 Å². The minimum atomic E-state index is -0.349. The molecule has 3 aromatic rings. The number of carbonyl (C=O) groups excluding carboxylic acids is 1. The first-order chi connectivity index (χ1) is 13.1. The smallest absolute Gasteiger partial charge is 0.277 e. The third kappa shape index (κ3) is 4.57. The van der Waals surface area contributed by atoms with Crippen LogP contribution >= 0.6 is 11.6 Å². The van der Waals surface area contributed by atoms with Gasteiger partial charge in [-0.3, -0.25) is 4.79 Å². The molecule has 3 aromatic carbocycles. The lowest BCUT2D eigenvalue weighted by Crippen LogP contribution is -2.24. The third-order valence-electron chi connectivity index (χ3n) is 4.03. The molecule has 6 heteroatoms. The van der Waals surface area contributed by atoms with E-state index in [0.717, 1.165) is 27.6 Å². The first-order valence-corrected chi connectivity index (χ1v) is 8.73. The number of hydrogen-bond donors (Lipinski definition) is 1. The van der Waals surface area contributed by atoms with Crippen LogP contribution in [0.1, 0.15) is 11.1 Å². The topological polar surface area (TPSA) is 59.9 Å². The predicted octanol–water partition coefficient (Wildman–Crippen LogP) is 4.34. The van der Waals surface area contributed by atoms with E-state index in [4.69, 9.17) is 21.1 Å². The number of benzene rings is 3. The van der Waals surface area contributed by atoms with Crippen LogP contribution in [0.5, 0.6) is 11.5 Å². The average molecular weight is 383 g/mol. The van der Waals surface area contributed by atoms with Gasteiger partial charge in [0.05, 0.1) is 13.3 Å². The van der Waals surface area contributed by atoms with Crippen molar-refractivity contribution < 1.29 is 14.3 Å². The van der Waals surface area contributed by atoms with Crippen molar-refractivity contribution in [1.29, 1.82) is 0 Å². The SMILES string of the molecule is COc1ccc(/C=N\NC(=O)COc2ccc(Cl)cc2C)c2ccccc12. The van der Waals surface area contributed by atoms with Crippen molar-refractivity contribution in [3.63, 3.8) is 0 Å². The second-order valence-corrected chi connectivity index (χ2v) is 6.33. The van der Waals surface area contributed by atoms with E-state index in [9.17, 15) is 4.79 Å². The Bertz CT molecular complexity index is 1000. The number of methoxy groups -OCH3 is 1. The molecule has 0 aliphatic heterocycles. The largest absolute Gasteiger partial charge is 0.496 e. The number of aryl methyl sites for hydroxylation is 1. The fourth-order valence-corrected chi connectivity index (χ4v) is 2.94. The van der Waals surface area contributed by atoms with Crippen LogP contribution in [0.4, 0.5) is 0 Å². The van der Waals surface area contributed by atoms with E-state index in [1.54, 1.807) is 31.5 Å². The highest BCUT2D eigenvalue weighted by molar-refractivity contribution is 6.30. The molecule has 1 N–H and O–H groups in total. The van der Waals surface area contributed by atoms with Crippen LogP contribution in [0.2, 0.25) is 5.02 Å². The molecular weight excluding hydrogens is 364 g/mol. The summed E-state index contributed by atoms with van der Waals surface area (Å²) in [7, 11) is 1.64. The van der Waals surface area contributed by atoms with Crippen molar-refractivity contribution in [3.05, 3.63) is 70.7 Å². The second-order valence-electron chi connectivity index (χ2n) is 5.89. The number of fused-ring (bicyclic) bond motifs is 1. The van der Waals surface area contributed by atoms with Gasteiger partial charge in [0.1, 0.15) is 11.5 Å². The Kier molecular flexibility index (Phi) is 5.94. The van der Waals surface area contributed by atoms with Gasteiger partial charge in [-0.15, -0.1) is 0 Å². The van der Waals surface area contributed by atoms with Gasteiger partial charge in [-0.2, -0.15) is 5.10 Å². The Morgan fingerprint density at radius 1 is 1.11 bits per heavy atom. The monoisotopic (exact) mass is 382 g/mol. The zero-order valence-electron chi connectivity index (χ0n) is 15.0. The van der Waals surface area contributed by atoms with Crippen molar-refractivity contribution in [1.82, 2.24) is 5.43 Å². The number of halogens is 1. The van der Waals surface area contributed by atoms with Gasteiger partial charge in [-0.05, 0) is 48.2 Å². The third-order valence-corrected chi connectivity index (χ3v) is 4.26. The maximum atomic E-state index is 12.0. The van der Waals surface area contributed by atoms with Gasteiger partial charge in [-0.25, -0.2) is 5.43 Å². The van der Waals surface area contributed by atoms with Crippen LogP contribution < -0.4 is 14.9 Å². The molecule has 0 aliphatic carbocycles. The Morgan fingerprint density at radius 2 is 1.85 bits per heavy atom. The minimum absolute atomic E-state index is 0.136. The lowest BCUT2D eigenvalue weighted by atomic mass is 10.0. The fraction of sp³-hybridized carbons (Fsp3) is 0.143. The highest BCUT2D eigenvalue weighted by atomic mass is 35.5. The van der Waals surface area contributed by atoms with Gasteiger partial charge in [0.2, 0.25) is 0 Å². The van der Waals surface area contributed by atoms with E-state index in [2.05, 4.69) is 10.5 Å². The van der Waals surface area contributed by atoms with Crippen LogP contribution in [0.15, 0.2) is 59.7 Å². The maximum absolute atomic E-state index is 12.0. The van der Waals surface area contributed by atoms with Gasteiger partial charge < -0.3 is 9.47 Å². The molecule has 0 unspecified atom stereocenters. The fourth-order valence-electron chi connectivity index (χ4n) is 2.71. The van der Waals surface area contributed by atoms with Crippen LogP contribution in [0.3, 0.4) is 0 Å². The van der Waals surface area contributed by atoms with Gasteiger partial charge in [0.25, 0.3) is 5.91 Å². The molecule has 0 radical (unpaired) electrons. The highest BCUT2D eigenvalue weighted by Gasteiger charge is 2.06. The highest BCUT2D eigenvalue weighted by Crippen LogP contribution is 2.27. The van der Waals surface area contributed by atoms with E-state index >= 15 is 0 Å². The quantitative estimate of drug-likeness (QED) is 0.509. The predicted molar refractivity (Wildman–Crippen MR) is 108 cm³/mol. The first-order valence-electron chi connectivity index (χ1n) is 8.35. The molecule has 0 bridgehead atoms. The number of nitrogens with one attached hydrogen (secondary N) is 1. The molecule has 0 fully saturated rings. The van der Waals surface area contributed by atoms with E-state index in [-0.39, 0.29) is 12.5 Å². The number of amides is 1. The number of ether oxygens (including phenoxy) is 2. The molecule has 138 valence electrons. The van der Waals surface area contributed by atoms with Crippen molar-refractivity contribution in [2.75, 3.05) is 13.7 Å². The van der Waals surface area contributed by atoms with Crippen molar-refractivity contribution in [2.24, 2.45) is 5.10 Å². The van der Waals surface area contributed by atoms with Crippen molar-refractivity contribution in [3.8, 4) is 11.5 Å². The molecule has 0 saturated heterocycles. The number of hydrazone groups is 1. The van der Waals surface area contributed by atoms with Gasteiger partial charge in [0.15, 0.2) is 6.61 Å². The van der Waals surface area contributed by atoms with Gasteiger partial charge in [0, 0.05) is 16.0 Å². The number of nitrogens with zero attached hydrogens (tertiary/aromatic N) is 1. The molecule has 1 amide bonds. The number of hydrogen-bond acceptors (Lipinski definition) is 4. The minimum Gasteiger partial charge on any atom is -0.496 e. The molecule has 0 aromatic heterocycles. The zero-order valence-corrected chi connectivity index (χ0v) is 15.8. The summed E-state index contributed by atoms with van der Waals surface area (Å²) in [6.07, 6.45) is 1.60. The van der Waals surface area contributed by atoms with Crippen LogP contribution in [0, 0.1) is 6.92 Å². The van der Waals surface area contributed by atoms with E-state index in [1.807, 2.05) is 43.3 Å². The van der Waals surface area contributed by atoms with Gasteiger partial charge in [-0.1, -0.05) is 35.9 Å². The molecule has 0 atom stereocenters. The van der Waals surface area contributed by atoms with Crippen LogP contribution in [0.25, 0.3) is 10.8 Å². The van der Waals surface area contributed by atoms with Crippen LogP contribution in [-0.4, -0.2) is 25.8 Å². The summed E-state index contributed by atoms with van der Waals surface area (Å²) < 4.78 is 10.9. The van der Waals surface area contributed by atoms with E-state index < -0.39 is 0 Å². The summed E-state index contributed by atoms with van der Waals surface area (Å²) in [6, 6.07) is 16.8. The van der Waals surface area contributed by atoms with Crippen molar-refractivity contribution >= 4 is 34.5 Å². The number of carbonyl (C=O) groups is 1. The average Bonchev–Trinajstić information content (AvgIpc) is 2.67. The Morgan fingerprint density at radius 3 is 2.59 bits per heavy atom. The molecule has 3 rings (SSSR count). The molecular formula is C21H19ClN2O3. The van der Waals surface area contributed by atoms with Crippen LogP contribution in [-0.2, 0) is 4.79 Å². The Balaban J connectivity index is 1.64. The zero-order chi connectivity index (χ0) is 19.2. The standard InChI is InChI=1S/C21H19ClN2O3/c1-14-11-16(22)8-10-19(14)27-13-21(25)24-23-12-15-7-9-20(26-2)18-6-4-3-5-17(15)18/h3-12H,13H2,1-2H3,(H,24,25)/b23-12-. The van der Waals surface area contributed by atoms with Gasteiger partial charge >= 0.3 is 0 Å². The maximum Gasteiger partial charge on any atom is 0.277 e. The lowest BCUT2D eigenvalue weighted by Gasteiger charge is -2.09. The normalized spacial score (nSPS) is 10.9. The Hall–Kier alpha value is -3.05. The second kappa shape index (κ2) is 8.56. The summed E-state index contributed by atoms with van der Waals surface area (Å²) in [4.78, 5) is 12.0. The molecule has 0 heterocycles.